The molecule has 1 saturated heterocycles. The largest absolute Gasteiger partial charge is 0.507 e. The van der Waals surface area contributed by atoms with E-state index in [1.165, 1.54) is 17.8 Å². The van der Waals surface area contributed by atoms with Crippen LogP contribution < -0.4 is 11.1 Å². The summed E-state index contributed by atoms with van der Waals surface area (Å²) < 4.78 is 0. The van der Waals surface area contributed by atoms with Crippen LogP contribution in [0.15, 0.2) is 47.4 Å². The zero-order chi connectivity index (χ0) is 21.7. The van der Waals surface area contributed by atoms with Gasteiger partial charge in [0.1, 0.15) is 5.75 Å². The fourth-order valence-electron chi connectivity index (χ4n) is 3.48. The van der Waals surface area contributed by atoms with E-state index < -0.39 is 6.03 Å². The van der Waals surface area contributed by atoms with Gasteiger partial charge in [-0.3, -0.25) is 9.59 Å². The maximum Gasteiger partial charge on any atom is 0.314 e. The number of benzene rings is 2. The highest BCUT2D eigenvalue weighted by molar-refractivity contribution is 7.98. The molecule has 1 aliphatic rings. The highest BCUT2D eigenvalue weighted by atomic mass is 35.5. The van der Waals surface area contributed by atoms with Gasteiger partial charge < -0.3 is 21.1 Å². The van der Waals surface area contributed by atoms with Gasteiger partial charge in [-0.15, -0.1) is 24.2 Å². The number of thioether (sulfide) groups is 1. The number of carbonyl (C=O) groups excluding carboxylic acids is 3. The molecule has 31 heavy (non-hydrogen) atoms. The minimum atomic E-state index is -0.434. The number of nitrogens with one attached hydrogen (secondary N) is 1. The average molecular weight is 464 g/mol. The Labute approximate surface area is 191 Å². The summed E-state index contributed by atoms with van der Waals surface area (Å²) in [5, 5.41) is 13.0. The van der Waals surface area contributed by atoms with E-state index in [1.807, 2.05) is 6.26 Å². The van der Waals surface area contributed by atoms with Crippen molar-refractivity contribution in [1.29, 1.82) is 0 Å². The van der Waals surface area contributed by atoms with Crippen molar-refractivity contribution in [2.75, 3.05) is 19.3 Å². The monoisotopic (exact) mass is 463 g/mol. The van der Waals surface area contributed by atoms with Crippen LogP contribution in [0.4, 0.5) is 4.79 Å². The zero-order valence-corrected chi connectivity index (χ0v) is 18.8. The second-order valence-electron chi connectivity index (χ2n) is 7.22. The number of likely N-dealkylation sites (tertiary alicyclic amines) is 1. The van der Waals surface area contributed by atoms with E-state index >= 15 is 0 Å². The summed E-state index contributed by atoms with van der Waals surface area (Å²) in [6.45, 7) is 1.12. The molecule has 3 rings (SSSR count). The molecule has 0 bridgehead atoms. The molecule has 7 nitrogen and oxygen atoms in total. The minimum Gasteiger partial charge on any atom is -0.507 e. The lowest BCUT2D eigenvalue weighted by Gasteiger charge is -2.18. The number of aromatic hydroxyl groups is 1. The molecule has 0 saturated carbocycles. The molecule has 1 heterocycles. The maximum absolute atomic E-state index is 12.7. The number of urea groups is 1. The molecule has 0 aromatic heterocycles. The lowest BCUT2D eigenvalue weighted by Crippen LogP contribution is -2.38. The molecule has 2 aromatic carbocycles. The molecule has 1 aliphatic heterocycles. The third kappa shape index (κ3) is 6.15. The molecule has 0 radical (unpaired) electrons. The van der Waals surface area contributed by atoms with Gasteiger partial charge in [-0.05, 0) is 55.9 Å². The summed E-state index contributed by atoms with van der Waals surface area (Å²) in [5.41, 5.74) is 6.41. The van der Waals surface area contributed by atoms with Crippen molar-refractivity contribution in [2.24, 2.45) is 5.73 Å². The summed E-state index contributed by atoms with van der Waals surface area (Å²) in [6.07, 6.45) is 4.10. The normalized spacial score (nSPS) is 16.0. The number of nitrogens with two attached hydrogens (primary N) is 1. The first-order valence-electron chi connectivity index (χ1n) is 9.76. The van der Waals surface area contributed by atoms with Gasteiger partial charge in [-0.25, -0.2) is 4.79 Å². The van der Waals surface area contributed by atoms with E-state index in [0.29, 0.717) is 30.6 Å². The standard InChI is InChI=1S/C22H25N3O4S.ClH/c1-30-17-8-9-19(26)18(13-17)20(27)14-4-6-15(7-5-14)21(28)24-16-3-2-11-25(12-10-16)22(23)29;/h4-9,13,16,26H,2-3,10-12H2,1H3,(H2,23,29)(H,24,28);1H/t16-;/m0./s1. The van der Waals surface area contributed by atoms with Crippen molar-refractivity contribution in [3.8, 4) is 5.75 Å². The van der Waals surface area contributed by atoms with Gasteiger partial charge >= 0.3 is 6.03 Å². The smallest absolute Gasteiger partial charge is 0.314 e. The molecule has 166 valence electrons. The van der Waals surface area contributed by atoms with E-state index in [-0.39, 0.29) is 41.5 Å². The Kier molecular flexibility index (Phi) is 8.76. The average Bonchev–Trinajstić information content (AvgIpc) is 2.99. The van der Waals surface area contributed by atoms with Gasteiger partial charge in [0.15, 0.2) is 5.78 Å². The van der Waals surface area contributed by atoms with Gasteiger partial charge in [-0.2, -0.15) is 0 Å². The van der Waals surface area contributed by atoms with E-state index in [0.717, 1.165) is 17.7 Å². The molecule has 9 heteroatoms. The van der Waals surface area contributed by atoms with Gasteiger partial charge in [0.05, 0.1) is 5.56 Å². The number of carbonyl (C=O) groups is 3. The molecular formula is C22H26ClN3O4S. The number of hydrogen-bond acceptors (Lipinski definition) is 5. The van der Waals surface area contributed by atoms with Crippen LogP contribution in [0, 0.1) is 0 Å². The molecule has 0 aliphatic carbocycles. The number of nitrogens with zero attached hydrogens (tertiary/aromatic N) is 1. The van der Waals surface area contributed by atoms with Crippen LogP contribution in [-0.4, -0.2) is 53.1 Å². The molecule has 2 aromatic rings. The molecular weight excluding hydrogens is 438 g/mol. The zero-order valence-electron chi connectivity index (χ0n) is 17.2. The first-order chi connectivity index (χ1) is 14.4. The topological polar surface area (TPSA) is 113 Å². The van der Waals surface area contributed by atoms with E-state index in [9.17, 15) is 19.5 Å². The van der Waals surface area contributed by atoms with Crippen molar-refractivity contribution < 1.29 is 19.5 Å². The predicted molar refractivity (Wildman–Crippen MR) is 123 cm³/mol. The van der Waals surface area contributed by atoms with Gasteiger partial charge in [0.2, 0.25) is 0 Å². The Morgan fingerprint density at radius 1 is 1.06 bits per heavy atom. The van der Waals surface area contributed by atoms with Gasteiger partial charge in [0.25, 0.3) is 5.91 Å². The SMILES string of the molecule is CSc1ccc(O)c(C(=O)c2ccc(C(=O)N[C@H]3CCCN(C(N)=O)CC3)cc2)c1.Cl. The highest BCUT2D eigenvalue weighted by Crippen LogP contribution is 2.26. The van der Waals surface area contributed by atoms with Crippen LogP contribution in [0.25, 0.3) is 0 Å². The molecule has 1 fully saturated rings. The fraction of sp³-hybridized carbons (Fsp3) is 0.318. The Bertz CT molecular complexity index is 952. The molecule has 1 atom stereocenters. The molecule has 3 amide bonds. The number of phenolic OH excluding ortho intramolecular Hbond substituents is 1. The predicted octanol–water partition coefficient (Wildman–Crippen LogP) is 3.43. The van der Waals surface area contributed by atoms with Crippen LogP contribution in [-0.2, 0) is 0 Å². The van der Waals surface area contributed by atoms with Crippen molar-refractivity contribution >= 4 is 41.9 Å². The summed E-state index contributed by atoms with van der Waals surface area (Å²) in [7, 11) is 0. The Morgan fingerprint density at radius 2 is 1.74 bits per heavy atom. The number of ketones is 1. The molecule has 0 unspecified atom stereocenters. The first kappa shape index (κ1) is 24.6. The van der Waals surface area contributed by atoms with Crippen LogP contribution in [0.1, 0.15) is 45.5 Å². The van der Waals surface area contributed by atoms with Crippen molar-refractivity contribution in [3.05, 3.63) is 59.2 Å². The highest BCUT2D eigenvalue weighted by Gasteiger charge is 2.21. The lowest BCUT2D eigenvalue weighted by molar-refractivity contribution is 0.0932. The maximum atomic E-state index is 12.7. The second-order valence-corrected chi connectivity index (χ2v) is 8.10. The first-order valence-corrected chi connectivity index (χ1v) is 11.0. The number of primary amides is 1. The Balaban J connectivity index is 0.00000341. The Morgan fingerprint density at radius 3 is 2.39 bits per heavy atom. The Hall–Kier alpha value is -2.71. The summed E-state index contributed by atoms with van der Waals surface area (Å²) >= 11 is 1.49. The lowest BCUT2D eigenvalue weighted by atomic mass is 10.0. The minimum absolute atomic E-state index is 0. The number of rotatable bonds is 5. The summed E-state index contributed by atoms with van der Waals surface area (Å²) in [5.74, 6) is -0.595. The van der Waals surface area contributed by atoms with Crippen LogP contribution >= 0.6 is 24.2 Å². The molecule has 0 spiro atoms. The van der Waals surface area contributed by atoms with E-state index in [2.05, 4.69) is 5.32 Å². The number of hydrogen-bond donors (Lipinski definition) is 3. The number of phenols is 1. The van der Waals surface area contributed by atoms with Gasteiger partial charge in [-0.1, -0.05) is 12.1 Å². The van der Waals surface area contributed by atoms with Gasteiger partial charge in [0, 0.05) is 35.2 Å². The second kappa shape index (κ2) is 11.1. The fourth-order valence-corrected chi connectivity index (χ4v) is 3.92. The van der Waals surface area contributed by atoms with Crippen molar-refractivity contribution in [1.82, 2.24) is 10.2 Å². The molecule has 4 N–H and O–H groups in total. The van der Waals surface area contributed by atoms with Crippen molar-refractivity contribution in [3.63, 3.8) is 0 Å². The quantitative estimate of drug-likeness (QED) is 0.464. The van der Waals surface area contributed by atoms with Crippen LogP contribution in [0.2, 0.25) is 0 Å². The third-order valence-electron chi connectivity index (χ3n) is 5.23. The van der Waals surface area contributed by atoms with Crippen molar-refractivity contribution in [2.45, 2.75) is 30.2 Å². The van der Waals surface area contributed by atoms with E-state index in [4.69, 9.17) is 5.73 Å². The van der Waals surface area contributed by atoms with Crippen LogP contribution in [0.3, 0.4) is 0 Å². The summed E-state index contributed by atoms with van der Waals surface area (Å²) in [6, 6.07) is 10.8. The van der Waals surface area contributed by atoms with E-state index in [1.54, 1.807) is 41.3 Å². The number of amides is 3. The summed E-state index contributed by atoms with van der Waals surface area (Å²) in [4.78, 5) is 39.1. The van der Waals surface area contributed by atoms with Crippen LogP contribution in [0.5, 0.6) is 5.75 Å². The third-order valence-corrected chi connectivity index (χ3v) is 5.96. The number of halogens is 1.